The molecule has 2 heteroatoms. The fourth-order valence-electron chi connectivity index (χ4n) is 4.36. The molecular formula is C14H23NO. The Bertz CT molecular complexity index is 321. The van der Waals surface area contributed by atoms with Gasteiger partial charge in [0.15, 0.2) is 0 Å². The SMILES string of the molecule is CCC1CC12CN([C@H](C=O)C(C)C)C21CC1. The van der Waals surface area contributed by atoms with Crippen molar-refractivity contribution in [1.82, 2.24) is 4.90 Å². The lowest BCUT2D eigenvalue weighted by Gasteiger charge is -2.55. The third kappa shape index (κ3) is 1.04. The summed E-state index contributed by atoms with van der Waals surface area (Å²) in [7, 11) is 0. The molecule has 16 heavy (non-hydrogen) atoms. The molecule has 2 aliphatic carbocycles. The molecule has 1 heterocycles. The first-order chi connectivity index (χ1) is 7.61. The minimum Gasteiger partial charge on any atom is -0.302 e. The fourth-order valence-corrected chi connectivity index (χ4v) is 4.36. The number of likely N-dealkylation sites (tertiary alicyclic amines) is 1. The lowest BCUT2D eigenvalue weighted by molar-refractivity contribution is -0.128. The topological polar surface area (TPSA) is 20.3 Å². The van der Waals surface area contributed by atoms with Crippen LogP contribution in [0.1, 0.15) is 46.5 Å². The van der Waals surface area contributed by atoms with E-state index in [0.29, 0.717) is 16.9 Å². The summed E-state index contributed by atoms with van der Waals surface area (Å²) in [6.07, 6.45) is 6.65. The highest BCUT2D eigenvalue weighted by Crippen LogP contribution is 2.77. The summed E-state index contributed by atoms with van der Waals surface area (Å²) >= 11 is 0. The summed E-state index contributed by atoms with van der Waals surface area (Å²) in [6.45, 7) is 7.86. The molecule has 0 aromatic rings. The summed E-state index contributed by atoms with van der Waals surface area (Å²) in [6, 6.07) is 0.172. The van der Waals surface area contributed by atoms with Gasteiger partial charge in [0.1, 0.15) is 6.29 Å². The van der Waals surface area contributed by atoms with Crippen LogP contribution in [0.5, 0.6) is 0 Å². The molecule has 1 aliphatic heterocycles. The third-order valence-electron chi connectivity index (χ3n) is 5.56. The highest BCUT2D eigenvalue weighted by Gasteiger charge is 2.80. The van der Waals surface area contributed by atoms with Gasteiger partial charge in [0.2, 0.25) is 0 Å². The number of nitrogens with zero attached hydrogens (tertiary/aromatic N) is 1. The number of carbonyl (C=O) groups is 1. The van der Waals surface area contributed by atoms with Crippen molar-refractivity contribution in [1.29, 1.82) is 0 Å². The molecular weight excluding hydrogens is 198 g/mol. The van der Waals surface area contributed by atoms with Gasteiger partial charge in [0, 0.05) is 17.5 Å². The molecule has 3 aliphatic rings. The van der Waals surface area contributed by atoms with E-state index in [1.807, 2.05) is 0 Å². The number of carbonyl (C=O) groups excluding carboxylic acids is 1. The fraction of sp³-hybridized carbons (Fsp3) is 0.929. The molecule has 0 amide bonds. The minimum absolute atomic E-state index is 0.172. The van der Waals surface area contributed by atoms with Gasteiger partial charge in [0.25, 0.3) is 0 Å². The highest BCUT2D eigenvalue weighted by molar-refractivity contribution is 5.60. The van der Waals surface area contributed by atoms with Crippen LogP contribution < -0.4 is 0 Å². The van der Waals surface area contributed by atoms with Gasteiger partial charge in [-0.05, 0) is 31.1 Å². The number of hydrogen-bond acceptors (Lipinski definition) is 2. The molecule has 0 aromatic heterocycles. The second-order valence-corrected chi connectivity index (χ2v) is 6.50. The van der Waals surface area contributed by atoms with Gasteiger partial charge in [-0.1, -0.05) is 27.2 Å². The van der Waals surface area contributed by atoms with Crippen LogP contribution in [-0.4, -0.2) is 29.3 Å². The van der Waals surface area contributed by atoms with Crippen LogP contribution in [0.15, 0.2) is 0 Å². The van der Waals surface area contributed by atoms with Crippen LogP contribution in [0.3, 0.4) is 0 Å². The maximum atomic E-state index is 11.2. The van der Waals surface area contributed by atoms with Crippen molar-refractivity contribution in [3.63, 3.8) is 0 Å². The molecule has 0 bridgehead atoms. The predicted molar refractivity (Wildman–Crippen MR) is 64.2 cm³/mol. The molecule has 90 valence electrons. The van der Waals surface area contributed by atoms with E-state index in [1.54, 1.807) is 0 Å². The van der Waals surface area contributed by atoms with Crippen molar-refractivity contribution in [2.45, 2.75) is 58.0 Å². The van der Waals surface area contributed by atoms with E-state index >= 15 is 0 Å². The third-order valence-corrected chi connectivity index (χ3v) is 5.56. The monoisotopic (exact) mass is 221 g/mol. The van der Waals surface area contributed by atoms with Gasteiger partial charge in [0.05, 0.1) is 6.04 Å². The summed E-state index contributed by atoms with van der Waals surface area (Å²) in [4.78, 5) is 13.8. The first-order valence-electron chi connectivity index (χ1n) is 6.83. The molecule has 0 N–H and O–H groups in total. The maximum Gasteiger partial charge on any atom is 0.137 e. The van der Waals surface area contributed by atoms with E-state index in [2.05, 4.69) is 25.7 Å². The van der Waals surface area contributed by atoms with E-state index in [9.17, 15) is 4.79 Å². The Morgan fingerprint density at radius 2 is 2.12 bits per heavy atom. The summed E-state index contributed by atoms with van der Waals surface area (Å²) in [5.74, 6) is 1.43. The number of aldehydes is 1. The first kappa shape index (κ1) is 10.8. The van der Waals surface area contributed by atoms with Crippen LogP contribution in [0, 0.1) is 17.3 Å². The van der Waals surface area contributed by atoms with Crippen LogP contribution in [0.2, 0.25) is 0 Å². The van der Waals surface area contributed by atoms with Crippen molar-refractivity contribution in [3.8, 4) is 0 Å². The van der Waals surface area contributed by atoms with E-state index in [0.717, 1.165) is 5.92 Å². The first-order valence-corrected chi connectivity index (χ1v) is 6.83. The smallest absolute Gasteiger partial charge is 0.137 e. The largest absolute Gasteiger partial charge is 0.302 e. The summed E-state index contributed by atoms with van der Waals surface area (Å²) in [5.41, 5.74) is 1.13. The molecule has 2 unspecified atom stereocenters. The molecule has 3 atom stereocenters. The standard InChI is InChI=1S/C14H23NO/c1-4-11-7-13(11)9-15(14(13)5-6-14)12(8-16)10(2)3/h8,10-12H,4-7,9H2,1-3H3/t11?,12-,13?/m1/s1. The molecule has 0 radical (unpaired) electrons. The second kappa shape index (κ2) is 3.10. The van der Waals surface area contributed by atoms with Crippen molar-refractivity contribution >= 4 is 6.29 Å². The number of fused-ring (bicyclic) bond motifs is 1. The molecule has 3 fully saturated rings. The Kier molecular flexibility index (Phi) is 2.08. The lowest BCUT2D eigenvalue weighted by atomic mass is 9.76. The lowest BCUT2D eigenvalue weighted by Crippen LogP contribution is -2.66. The zero-order valence-electron chi connectivity index (χ0n) is 10.7. The van der Waals surface area contributed by atoms with Gasteiger partial charge in [-0.25, -0.2) is 0 Å². The van der Waals surface area contributed by atoms with E-state index in [4.69, 9.17) is 0 Å². The van der Waals surface area contributed by atoms with Gasteiger partial charge in [-0.15, -0.1) is 0 Å². The Morgan fingerprint density at radius 3 is 2.50 bits per heavy atom. The van der Waals surface area contributed by atoms with Crippen LogP contribution in [0.4, 0.5) is 0 Å². The van der Waals surface area contributed by atoms with Gasteiger partial charge < -0.3 is 4.79 Å². The zero-order valence-corrected chi connectivity index (χ0v) is 10.7. The minimum atomic E-state index is 0.172. The quantitative estimate of drug-likeness (QED) is 0.680. The normalized spacial score (nSPS) is 41.1. The molecule has 1 saturated heterocycles. The molecule has 3 rings (SSSR count). The van der Waals surface area contributed by atoms with E-state index in [1.165, 1.54) is 38.5 Å². The van der Waals surface area contributed by atoms with Crippen LogP contribution in [-0.2, 0) is 4.79 Å². The van der Waals surface area contributed by atoms with Gasteiger partial charge in [-0.2, -0.15) is 0 Å². The van der Waals surface area contributed by atoms with Gasteiger partial charge in [-0.3, -0.25) is 4.90 Å². The number of hydrogen-bond donors (Lipinski definition) is 0. The summed E-state index contributed by atoms with van der Waals surface area (Å²) in [5, 5.41) is 0. The Balaban J connectivity index is 1.76. The zero-order chi connectivity index (χ0) is 11.6. The van der Waals surface area contributed by atoms with E-state index in [-0.39, 0.29) is 6.04 Å². The number of rotatable bonds is 4. The molecule has 0 aromatic carbocycles. The molecule has 2 nitrogen and oxygen atoms in total. The van der Waals surface area contributed by atoms with E-state index < -0.39 is 0 Å². The van der Waals surface area contributed by atoms with Crippen molar-refractivity contribution in [2.75, 3.05) is 6.54 Å². The average Bonchev–Trinajstić information content (AvgIpc) is 3.12. The Morgan fingerprint density at radius 1 is 1.44 bits per heavy atom. The second-order valence-electron chi connectivity index (χ2n) is 6.50. The predicted octanol–water partition coefficient (Wildman–Crippen LogP) is 2.47. The van der Waals surface area contributed by atoms with Crippen LogP contribution in [0.25, 0.3) is 0 Å². The maximum absolute atomic E-state index is 11.2. The highest BCUT2D eigenvalue weighted by atomic mass is 16.1. The molecule has 2 spiro atoms. The Labute approximate surface area is 98.4 Å². The van der Waals surface area contributed by atoms with Crippen LogP contribution >= 0.6 is 0 Å². The van der Waals surface area contributed by atoms with Crippen molar-refractivity contribution in [3.05, 3.63) is 0 Å². The Hall–Kier alpha value is -0.370. The average molecular weight is 221 g/mol. The molecule has 2 saturated carbocycles. The summed E-state index contributed by atoms with van der Waals surface area (Å²) < 4.78 is 0. The van der Waals surface area contributed by atoms with Gasteiger partial charge >= 0.3 is 0 Å². The van der Waals surface area contributed by atoms with Crippen molar-refractivity contribution in [2.24, 2.45) is 17.3 Å². The van der Waals surface area contributed by atoms with Crippen molar-refractivity contribution < 1.29 is 4.79 Å².